The Morgan fingerprint density at radius 2 is 2.36 bits per heavy atom. The molecule has 0 radical (unpaired) electrons. The average Bonchev–Trinajstić information content (AvgIpc) is 2.57. The Bertz CT molecular complexity index is 274. The Morgan fingerprint density at radius 1 is 1.50 bits per heavy atom. The zero-order valence-corrected chi connectivity index (χ0v) is 9.00. The van der Waals surface area contributed by atoms with Crippen molar-refractivity contribution in [2.24, 2.45) is 5.92 Å². The molecule has 0 saturated heterocycles. The Kier molecular flexibility index (Phi) is 3.25. The molecular formula is C12H20N2. The van der Waals surface area contributed by atoms with Gasteiger partial charge in [0, 0.05) is 25.5 Å². The minimum Gasteiger partial charge on any atom is -0.354 e. The fourth-order valence-corrected chi connectivity index (χ4v) is 1.91. The van der Waals surface area contributed by atoms with Crippen molar-refractivity contribution in [2.45, 2.75) is 39.3 Å². The normalized spacial score (nSPS) is 16.9. The van der Waals surface area contributed by atoms with Gasteiger partial charge in [0.2, 0.25) is 0 Å². The number of nitrogens with one attached hydrogen (secondary N) is 1. The molecular weight excluding hydrogens is 172 g/mol. The fourth-order valence-electron chi connectivity index (χ4n) is 1.91. The Labute approximate surface area is 86.3 Å². The van der Waals surface area contributed by atoms with E-state index < -0.39 is 0 Å². The molecule has 1 aromatic heterocycles. The van der Waals surface area contributed by atoms with Gasteiger partial charge in [-0.15, -0.1) is 0 Å². The monoisotopic (exact) mass is 192 g/mol. The maximum atomic E-state index is 3.53. The van der Waals surface area contributed by atoms with Crippen molar-refractivity contribution in [3.05, 3.63) is 24.0 Å². The van der Waals surface area contributed by atoms with E-state index in [0.29, 0.717) is 0 Å². The number of hydrogen-bond acceptors (Lipinski definition) is 1. The predicted octanol–water partition coefficient (Wildman–Crippen LogP) is 2.40. The molecule has 0 spiro atoms. The molecule has 78 valence electrons. The highest BCUT2D eigenvalue weighted by atomic mass is 14.9. The van der Waals surface area contributed by atoms with Crippen LogP contribution in [0, 0.1) is 5.92 Å². The summed E-state index contributed by atoms with van der Waals surface area (Å²) < 4.78 is 2.22. The van der Waals surface area contributed by atoms with E-state index in [0.717, 1.165) is 19.0 Å². The average molecular weight is 192 g/mol. The second-order valence-corrected chi connectivity index (χ2v) is 4.28. The molecule has 0 amide bonds. The van der Waals surface area contributed by atoms with E-state index in [4.69, 9.17) is 0 Å². The van der Waals surface area contributed by atoms with Crippen LogP contribution in [0.5, 0.6) is 0 Å². The molecule has 1 aliphatic rings. The highest BCUT2D eigenvalue weighted by Gasteiger charge is 2.16. The van der Waals surface area contributed by atoms with Crippen LogP contribution >= 0.6 is 0 Å². The molecule has 2 heteroatoms. The van der Waals surface area contributed by atoms with Crippen molar-refractivity contribution in [1.29, 1.82) is 0 Å². The van der Waals surface area contributed by atoms with Crippen molar-refractivity contribution in [3.8, 4) is 0 Å². The van der Waals surface area contributed by atoms with Gasteiger partial charge in [0.25, 0.3) is 0 Å². The molecule has 0 bridgehead atoms. The number of hydrogen-bond donors (Lipinski definition) is 1. The lowest BCUT2D eigenvalue weighted by Gasteiger charge is -2.25. The van der Waals surface area contributed by atoms with Crippen LogP contribution in [0.3, 0.4) is 0 Å². The first kappa shape index (κ1) is 9.78. The smallest absolute Gasteiger partial charge is 0.0220 e. The first-order chi connectivity index (χ1) is 6.88. The van der Waals surface area contributed by atoms with Crippen LogP contribution in [0.25, 0.3) is 0 Å². The lowest BCUT2D eigenvalue weighted by Crippen LogP contribution is -2.26. The highest BCUT2D eigenvalue weighted by Crippen LogP contribution is 2.25. The molecule has 1 aromatic rings. The third-order valence-corrected chi connectivity index (χ3v) is 3.16. The van der Waals surface area contributed by atoms with Crippen LogP contribution in [0.2, 0.25) is 0 Å². The quantitative estimate of drug-likeness (QED) is 0.758. The van der Waals surface area contributed by atoms with E-state index in [1.54, 1.807) is 0 Å². The SMILES string of the molecule is CCn1ccc(CNCC2CCC2)c1. The summed E-state index contributed by atoms with van der Waals surface area (Å²) in [7, 11) is 0. The van der Waals surface area contributed by atoms with E-state index in [9.17, 15) is 0 Å². The molecule has 14 heavy (non-hydrogen) atoms. The van der Waals surface area contributed by atoms with Crippen LogP contribution in [-0.4, -0.2) is 11.1 Å². The van der Waals surface area contributed by atoms with Gasteiger partial charge in [-0.25, -0.2) is 0 Å². The molecule has 2 nitrogen and oxygen atoms in total. The molecule has 0 unspecified atom stereocenters. The van der Waals surface area contributed by atoms with Gasteiger partial charge >= 0.3 is 0 Å². The van der Waals surface area contributed by atoms with Gasteiger partial charge in [0.05, 0.1) is 0 Å². The minimum absolute atomic E-state index is 0.961. The maximum Gasteiger partial charge on any atom is 0.0220 e. The van der Waals surface area contributed by atoms with Crippen molar-refractivity contribution in [2.75, 3.05) is 6.54 Å². The fraction of sp³-hybridized carbons (Fsp3) is 0.667. The summed E-state index contributed by atoms with van der Waals surface area (Å²) in [4.78, 5) is 0. The van der Waals surface area contributed by atoms with Crippen LogP contribution in [0.15, 0.2) is 18.5 Å². The molecule has 1 aliphatic carbocycles. The van der Waals surface area contributed by atoms with E-state index in [1.807, 2.05) is 0 Å². The molecule has 1 saturated carbocycles. The molecule has 1 N–H and O–H groups in total. The zero-order valence-electron chi connectivity index (χ0n) is 9.00. The van der Waals surface area contributed by atoms with Crippen molar-refractivity contribution in [3.63, 3.8) is 0 Å². The summed E-state index contributed by atoms with van der Waals surface area (Å²) in [6.07, 6.45) is 8.69. The predicted molar refractivity (Wildman–Crippen MR) is 59.2 cm³/mol. The van der Waals surface area contributed by atoms with Crippen molar-refractivity contribution in [1.82, 2.24) is 9.88 Å². The number of rotatable bonds is 5. The van der Waals surface area contributed by atoms with Gasteiger partial charge in [-0.1, -0.05) is 6.42 Å². The van der Waals surface area contributed by atoms with Crippen LogP contribution in [-0.2, 0) is 13.1 Å². The Morgan fingerprint density at radius 3 is 2.93 bits per heavy atom. The van der Waals surface area contributed by atoms with Crippen LogP contribution < -0.4 is 5.32 Å². The number of aryl methyl sites for hydroxylation is 1. The van der Waals surface area contributed by atoms with Crippen LogP contribution in [0.4, 0.5) is 0 Å². The molecule has 1 heterocycles. The summed E-state index contributed by atoms with van der Waals surface area (Å²) in [5.41, 5.74) is 1.41. The molecule has 0 atom stereocenters. The third kappa shape index (κ3) is 2.38. The summed E-state index contributed by atoms with van der Waals surface area (Å²) in [5.74, 6) is 0.961. The Hall–Kier alpha value is -0.760. The Balaban J connectivity index is 1.68. The van der Waals surface area contributed by atoms with Gasteiger partial charge in [-0.05, 0) is 43.9 Å². The second-order valence-electron chi connectivity index (χ2n) is 4.28. The molecule has 0 aromatic carbocycles. The molecule has 2 rings (SSSR count). The van der Waals surface area contributed by atoms with E-state index in [-0.39, 0.29) is 0 Å². The third-order valence-electron chi connectivity index (χ3n) is 3.16. The van der Waals surface area contributed by atoms with Gasteiger partial charge < -0.3 is 9.88 Å². The first-order valence-electron chi connectivity index (χ1n) is 5.74. The summed E-state index contributed by atoms with van der Waals surface area (Å²) >= 11 is 0. The van der Waals surface area contributed by atoms with E-state index >= 15 is 0 Å². The number of nitrogens with zero attached hydrogens (tertiary/aromatic N) is 1. The van der Waals surface area contributed by atoms with Crippen LogP contribution in [0.1, 0.15) is 31.7 Å². The lowest BCUT2D eigenvalue weighted by atomic mass is 9.85. The second kappa shape index (κ2) is 4.65. The van der Waals surface area contributed by atoms with Gasteiger partial charge in [0.1, 0.15) is 0 Å². The lowest BCUT2D eigenvalue weighted by molar-refractivity contribution is 0.301. The minimum atomic E-state index is 0.961. The summed E-state index contributed by atoms with van der Waals surface area (Å²) in [6, 6.07) is 2.21. The standard InChI is InChI=1S/C12H20N2/c1-2-14-7-6-12(10-14)9-13-8-11-4-3-5-11/h6-7,10-11,13H,2-5,8-9H2,1H3. The maximum absolute atomic E-state index is 3.53. The molecule has 1 fully saturated rings. The van der Waals surface area contributed by atoms with E-state index in [1.165, 1.54) is 31.4 Å². The number of aromatic nitrogens is 1. The summed E-state index contributed by atoms with van der Waals surface area (Å²) in [5, 5.41) is 3.53. The van der Waals surface area contributed by atoms with Gasteiger partial charge in [-0.2, -0.15) is 0 Å². The van der Waals surface area contributed by atoms with E-state index in [2.05, 4.69) is 35.3 Å². The van der Waals surface area contributed by atoms with Gasteiger partial charge in [-0.3, -0.25) is 0 Å². The van der Waals surface area contributed by atoms with Gasteiger partial charge in [0.15, 0.2) is 0 Å². The summed E-state index contributed by atoms with van der Waals surface area (Å²) in [6.45, 7) is 5.48. The zero-order chi connectivity index (χ0) is 9.80. The topological polar surface area (TPSA) is 17.0 Å². The van der Waals surface area contributed by atoms with Crippen molar-refractivity contribution >= 4 is 0 Å². The largest absolute Gasteiger partial charge is 0.354 e. The molecule has 0 aliphatic heterocycles. The highest BCUT2D eigenvalue weighted by molar-refractivity contribution is 5.09. The first-order valence-corrected chi connectivity index (χ1v) is 5.74. The van der Waals surface area contributed by atoms with Crippen molar-refractivity contribution < 1.29 is 0 Å².